The molecule has 6 aliphatic carbocycles. The van der Waals surface area contributed by atoms with Crippen molar-refractivity contribution in [2.75, 3.05) is 0 Å². The molecule has 0 saturated heterocycles. The Morgan fingerprint density at radius 1 is 0.391 bits per heavy atom. The molecule has 324 valence electrons. The van der Waals surface area contributed by atoms with Gasteiger partial charge in [-0.05, 0) is 152 Å². The van der Waals surface area contributed by atoms with Crippen molar-refractivity contribution in [3.05, 3.63) is 234 Å². The summed E-state index contributed by atoms with van der Waals surface area (Å²) in [4.78, 5) is 0. The lowest BCUT2D eigenvalue weighted by Gasteiger charge is -2.43. The Labute approximate surface area is 399 Å². The molecule has 0 saturated carbocycles. The number of benzene rings is 9. The van der Waals surface area contributed by atoms with Crippen molar-refractivity contribution >= 4 is 76.2 Å². The van der Waals surface area contributed by atoms with Gasteiger partial charge in [0.15, 0.2) is 0 Å². The number of hydrogen-bond donors (Lipinski definition) is 0. The minimum absolute atomic E-state index is 0.0173. The molecule has 0 radical (unpaired) electrons. The third-order valence-corrected chi connectivity index (χ3v) is 18.3. The van der Waals surface area contributed by atoms with E-state index in [1.54, 1.807) is 0 Å². The van der Waals surface area contributed by atoms with Crippen molar-refractivity contribution in [3.8, 4) is 6.07 Å². The van der Waals surface area contributed by atoms with E-state index in [0.717, 1.165) is 11.1 Å². The summed E-state index contributed by atoms with van der Waals surface area (Å²) in [5.41, 5.74) is 30.4. The Kier molecular flexibility index (Phi) is 6.36. The van der Waals surface area contributed by atoms with Crippen LogP contribution in [0.4, 0.5) is 0 Å². The summed E-state index contributed by atoms with van der Waals surface area (Å²) in [6, 6.07) is 56.6. The van der Waals surface area contributed by atoms with Gasteiger partial charge in [0.1, 0.15) is 0 Å². The summed E-state index contributed by atoms with van der Waals surface area (Å²) in [6.45, 7) is 14.1. The highest BCUT2D eigenvalue weighted by atomic mass is 14.9. The molecule has 19 rings (SSSR count). The summed E-state index contributed by atoms with van der Waals surface area (Å²) in [7, 11) is 0. The van der Waals surface area contributed by atoms with Crippen molar-refractivity contribution in [2.24, 2.45) is 0 Å². The van der Waals surface area contributed by atoms with Gasteiger partial charge in [-0.1, -0.05) is 124 Å². The van der Waals surface area contributed by atoms with Gasteiger partial charge in [0.2, 0.25) is 0 Å². The van der Waals surface area contributed by atoms with E-state index in [4.69, 9.17) is 0 Å². The molecule has 0 N–H and O–H groups in total. The molecule has 4 bridgehead atoms. The van der Waals surface area contributed by atoms with Gasteiger partial charge in [-0.15, -0.1) is 0 Å². The van der Waals surface area contributed by atoms with Gasteiger partial charge in [-0.2, -0.15) is 5.26 Å². The van der Waals surface area contributed by atoms with Crippen LogP contribution in [0.2, 0.25) is 0 Å². The number of hydrogen-bond acceptors (Lipinski definition) is 1. The Bertz CT molecular complexity index is 4560. The molecule has 4 aromatic heterocycles. The second-order valence-electron chi connectivity index (χ2n) is 22.2. The van der Waals surface area contributed by atoms with Crippen LogP contribution < -0.4 is 0 Å². The molecule has 3 heteroatoms. The minimum atomic E-state index is -0.0929. The Morgan fingerprint density at radius 3 is 1.46 bits per heavy atom. The second kappa shape index (κ2) is 11.8. The van der Waals surface area contributed by atoms with E-state index in [1.165, 1.54) is 160 Å². The average molecular weight is 880 g/mol. The van der Waals surface area contributed by atoms with Crippen LogP contribution in [0.3, 0.4) is 0 Å². The third-order valence-electron chi connectivity index (χ3n) is 18.3. The number of nitriles is 1. The van der Waals surface area contributed by atoms with Crippen LogP contribution in [0.15, 0.2) is 140 Å². The first kappa shape index (κ1) is 37.1. The van der Waals surface area contributed by atoms with Gasteiger partial charge in [0.25, 0.3) is 0 Å². The van der Waals surface area contributed by atoms with Crippen molar-refractivity contribution in [1.82, 2.24) is 8.80 Å². The van der Waals surface area contributed by atoms with Gasteiger partial charge in [-0.25, -0.2) is 0 Å². The van der Waals surface area contributed by atoms with Crippen LogP contribution >= 0.6 is 0 Å². The van der Waals surface area contributed by atoms with E-state index in [0.29, 0.717) is 0 Å². The van der Waals surface area contributed by atoms with Crippen molar-refractivity contribution in [3.63, 3.8) is 0 Å². The summed E-state index contributed by atoms with van der Waals surface area (Å²) < 4.78 is 5.21. The lowest BCUT2D eigenvalue weighted by atomic mass is 9.59. The first-order valence-electron chi connectivity index (χ1n) is 24.9. The molecule has 0 atom stereocenters. The third kappa shape index (κ3) is 4.00. The van der Waals surface area contributed by atoms with Crippen molar-refractivity contribution in [2.45, 2.75) is 70.6 Å². The predicted molar refractivity (Wildman–Crippen MR) is 283 cm³/mol. The Balaban J connectivity index is 1.04. The number of aromatic nitrogens is 2. The van der Waals surface area contributed by atoms with E-state index >= 15 is 0 Å². The SMILES string of the molecule is Cc1c(C)c2c3cc4c(cc3n3c5ccc6c(c5c(c1C)c23)C1c2ccccc2C6c2ccccc21)c1cc(C(C)(C)C)cc2c3c5c(c(C#N)cc3n4c12)C1c2ccccc2C5c2ccccc21. The second-order valence-corrected chi connectivity index (χ2v) is 22.2. The van der Waals surface area contributed by atoms with Crippen molar-refractivity contribution < 1.29 is 0 Å². The lowest BCUT2D eigenvalue weighted by molar-refractivity contribution is 0.592. The first-order chi connectivity index (χ1) is 33.6. The van der Waals surface area contributed by atoms with Crippen LogP contribution in [0.5, 0.6) is 0 Å². The zero-order chi connectivity index (χ0) is 45.8. The number of fused-ring (bicyclic) bond motifs is 12. The summed E-state index contributed by atoms with van der Waals surface area (Å²) in [5.74, 6) is 0.460. The standard InChI is InChI=1S/C66H45N3/c1-31-32(2)53-47-29-50-45(28-51(47)68-49-24-23-44-56-36-15-7-9-17-38(36)58(39-18-10-8-16-37(39)56)61(44)62(49)54(33(31)3)65(53)68)46-26-35(66(4,5)6)27-48-60-52(69(50)64(46)48)25-34(30-67)55-57-40-19-11-13-21-42(40)59(63(55)60)43-22-14-12-20-41(43)57/h7-29,56-59H,1-6H3. The van der Waals surface area contributed by atoms with E-state index < -0.39 is 0 Å². The number of aryl methyl sites for hydroxylation is 2. The monoisotopic (exact) mass is 879 g/mol. The van der Waals surface area contributed by atoms with Gasteiger partial charge >= 0.3 is 0 Å². The number of rotatable bonds is 0. The van der Waals surface area contributed by atoms with Crippen LogP contribution in [0, 0.1) is 32.1 Å². The molecule has 9 aromatic carbocycles. The maximum Gasteiger partial charge on any atom is 0.0995 e. The van der Waals surface area contributed by atoms with Crippen LogP contribution in [0.25, 0.3) is 76.2 Å². The molecule has 0 fully saturated rings. The van der Waals surface area contributed by atoms with E-state index in [1.807, 2.05) is 0 Å². The number of nitrogens with zero attached hydrogens (tertiary/aromatic N) is 3. The summed E-state index contributed by atoms with van der Waals surface area (Å²) in [6.07, 6.45) is 0. The highest BCUT2D eigenvalue weighted by Crippen LogP contribution is 2.62. The van der Waals surface area contributed by atoms with E-state index in [-0.39, 0.29) is 29.1 Å². The normalized spacial score (nSPS) is 18.6. The predicted octanol–water partition coefficient (Wildman–Crippen LogP) is 16.1. The Morgan fingerprint density at radius 2 is 0.884 bits per heavy atom. The molecule has 0 aliphatic heterocycles. The van der Waals surface area contributed by atoms with Crippen LogP contribution in [-0.4, -0.2) is 8.80 Å². The smallest absolute Gasteiger partial charge is 0.0995 e. The van der Waals surface area contributed by atoms with Gasteiger partial charge in [0, 0.05) is 66.8 Å². The zero-order valence-electron chi connectivity index (χ0n) is 39.4. The van der Waals surface area contributed by atoms with E-state index in [2.05, 4.69) is 196 Å². The van der Waals surface area contributed by atoms with Gasteiger partial charge < -0.3 is 8.80 Å². The highest BCUT2D eigenvalue weighted by molar-refractivity contribution is 6.31. The topological polar surface area (TPSA) is 32.6 Å². The Hall–Kier alpha value is -7.93. The first-order valence-corrected chi connectivity index (χ1v) is 24.9. The lowest BCUT2D eigenvalue weighted by Crippen LogP contribution is -2.28. The van der Waals surface area contributed by atoms with E-state index in [9.17, 15) is 5.26 Å². The molecule has 0 spiro atoms. The van der Waals surface area contributed by atoms with Gasteiger partial charge in [-0.3, -0.25) is 0 Å². The fourth-order valence-electron chi connectivity index (χ4n) is 15.4. The summed E-state index contributed by atoms with van der Waals surface area (Å²) in [5, 5.41) is 21.9. The molecule has 0 amide bonds. The van der Waals surface area contributed by atoms with Gasteiger partial charge in [0.05, 0.1) is 44.7 Å². The highest BCUT2D eigenvalue weighted by Gasteiger charge is 2.46. The molecular weight excluding hydrogens is 835 g/mol. The van der Waals surface area contributed by atoms with Crippen molar-refractivity contribution in [1.29, 1.82) is 5.26 Å². The molecule has 69 heavy (non-hydrogen) atoms. The molecule has 3 nitrogen and oxygen atoms in total. The zero-order valence-corrected chi connectivity index (χ0v) is 39.4. The van der Waals surface area contributed by atoms with Crippen LogP contribution in [-0.2, 0) is 5.41 Å². The maximum absolute atomic E-state index is 11.3. The quantitative estimate of drug-likeness (QED) is 0.149. The fraction of sp³-hybridized carbons (Fsp3) is 0.167. The fourth-order valence-corrected chi connectivity index (χ4v) is 15.4. The average Bonchev–Trinajstić information content (AvgIpc) is 4.10. The summed E-state index contributed by atoms with van der Waals surface area (Å²) >= 11 is 0. The van der Waals surface area contributed by atoms with Crippen LogP contribution in [0.1, 0.15) is 139 Å². The molecule has 13 aromatic rings. The molecular formula is C66H45N3. The molecule has 0 unspecified atom stereocenters. The molecule has 4 heterocycles. The minimum Gasteiger partial charge on any atom is -0.308 e. The largest absolute Gasteiger partial charge is 0.308 e. The molecule has 6 aliphatic rings. The maximum atomic E-state index is 11.3.